The van der Waals surface area contributed by atoms with Crippen LogP contribution < -0.4 is 0 Å². The van der Waals surface area contributed by atoms with Crippen molar-refractivity contribution in [2.24, 2.45) is 11.8 Å². The fourth-order valence-electron chi connectivity index (χ4n) is 1.03. The van der Waals surface area contributed by atoms with Gasteiger partial charge in [0, 0.05) is 12.5 Å². The molecular formula is C9H20O2. The molecule has 0 rings (SSSR count). The van der Waals surface area contributed by atoms with E-state index in [-0.39, 0.29) is 18.6 Å². The fourth-order valence-corrected chi connectivity index (χ4v) is 1.03. The molecule has 0 amide bonds. The highest BCUT2D eigenvalue weighted by Gasteiger charge is 2.13. The first-order valence-electron chi connectivity index (χ1n) is 4.36. The number of hydrogen-bond donors (Lipinski definition) is 2. The van der Waals surface area contributed by atoms with Gasteiger partial charge >= 0.3 is 0 Å². The summed E-state index contributed by atoms with van der Waals surface area (Å²) in [5, 5.41) is 18.0. The normalized spacial score (nSPS) is 16.9. The van der Waals surface area contributed by atoms with E-state index in [1.807, 2.05) is 0 Å². The minimum Gasteiger partial charge on any atom is -0.396 e. The van der Waals surface area contributed by atoms with Crippen molar-refractivity contribution in [2.45, 2.75) is 39.7 Å². The van der Waals surface area contributed by atoms with Gasteiger partial charge in [-0.05, 0) is 19.3 Å². The molecule has 2 N–H and O–H groups in total. The summed E-state index contributed by atoms with van der Waals surface area (Å²) in [6.45, 7) is 6.14. The molecule has 0 aromatic carbocycles. The fraction of sp³-hybridized carbons (Fsp3) is 1.00. The molecule has 68 valence electrons. The van der Waals surface area contributed by atoms with Gasteiger partial charge in [0.05, 0.1) is 6.10 Å². The van der Waals surface area contributed by atoms with E-state index in [2.05, 4.69) is 13.8 Å². The van der Waals surface area contributed by atoms with Crippen LogP contribution in [0.5, 0.6) is 0 Å². The molecule has 0 fully saturated rings. The zero-order chi connectivity index (χ0) is 8.85. The van der Waals surface area contributed by atoms with Crippen molar-refractivity contribution in [3.8, 4) is 0 Å². The van der Waals surface area contributed by atoms with Crippen LogP contribution >= 0.6 is 0 Å². The molecule has 0 saturated carbocycles. The highest BCUT2D eigenvalue weighted by atomic mass is 16.3. The van der Waals surface area contributed by atoms with Crippen molar-refractivity contribution in [3.05, 3.63) is 0 Å². The lowest BCUT2D eigenvalue weighted by molar-refractivity contribution is 0.0725. The Morgan fingerprint density at radius 1 is 1.09 bits per heavy atom. The van der Waals surface area contributed by atoms with E-state index in [4.69, 9.17) is 10.2 Å². The maximum absolute atomic E-state index is 9.17. The van der Waals surface area contributed by atoms with Crippen LogP contribution in [0.3, 0.4) is 0 Å². The van der Waals surface area contributed by atoms with E-state index < -0.39 is 0 Å². The van der Waals surface area contributed by atoms with Gasteiger partial charge in [0.25, 0.3) is 0 Å². The van der Waals surface area contributed by atoms with Crippen LogP contribution in [0.25, 0.3) is 0 Å². The number of rotatable bonds is 5. The van der Waals surface area contributed by atoms with Crippen molar-refractivity contribution in [2.75, 3.05) is 6.61 Å². The lowest BCUT2D eigenvalue weighted by Crippen LogP contribution is -2.20. The molecule has 2 atom stereocenters. The minimum absolute atomic E-state index is 0.0670. The third-order valence-corrected chi connectivity index (χ3v) is 2.03. The topological polar surface area (TPSA) is 40.5 Å². The Kier molecular flexibility index (Phi) is 5.51. The first-order chi connectivity index (χ1) is 5.07. The molecule has 11 heavy (non-hydrogen) atoms. The molecule has 0 aromatic heterocycles. The van der Waals surface area contributed by atoms with Crippen LogP contribution in [-0.4, -0.2) is 22.9 Å². The second-order valence-corrected chi connectivity index (χ2v) is 3.65. The number of aliphatic hydroxyl groups excluding tert-OH is 2. The van der Waals surface area contributed by atoms with Crippen molar-refractivity contribution in [1.82, 2.24) is 0 Å². The molecule has 0 aromatic rings. The van der Waals surface area contributed by atoms with Gasteiger partial charge in [0.1, 0.15) is 0 Å². The van der Waals surface area contributed by atoms with Crippen LogP contribution in [0, 0.1) is 11.8 Å². The first kappa shape index (κ1) is 10.9. The van der Waals surface area contributed by atoms with E-state index in [0.717, 1.165) is 12.8 Å². The maximum Gasteiger partial charge on any atom is 0.0562 e. The zero-order valence-electron chi connectivity index (χ0n) is 7.75. The SMILES string of the molecule is CC(C)CC[C@H](CO)[C@H](C)O. The van der Waals surface area contributed by atoms with E-state index in [0.29, 0.717) is 5.92 Å². The van der Waals surface area contributed by atoms with Gasteiger partial charge in [0.15, 0.2) is 0 Å². The van der Waals surface area contributed by atoms with Crippen molar-refractivity contribution in [1.29, 1.82) is 0 Å². The molecule has 0 saturated heterocycles. The summed E-state index contributed by atoms with van der Waals surface area (Å²) in [6.07, 6.45) is 1.63. The average Bonchev–Trinajstić information content (AvgIpc) is 1.87. The average molecular weight is 160 g/mol. The number of aliphatic hydroxyl groups is 2. The van der Waals surface area contributed by atoms with E-state index in [1.54, 1.807) is 6.92 Å². The van der Waals surface area contributed by atoms with Crippen molar-refractivity contribution >= 4 is 0 Å². The smallest absolute Gasteiger partial charge is 0.0562 e. The Hall–Kier alpha value is -0.0800. The van der Waals surface area contributed by atoms with Gasteiger partial charge in [-0.2, -0.15) is 0 Å². The lowest BCUT2D eigenvalue weighted by Gasteiger charge is -2.17. The molecule has 0 spiro atoms. The number of hydrogen-bond acceptors (Lipinski definition) is 2. The van der Waals surface area contributed by atoms with Gasteiger partial charge in [-0.1, -0.05) is 20.3 Å². The van der Waals surface area contributed by atoms with Crippen molar-refractivity contribution < 1.29 is 10.2 Å². The monoisotopic (exact) mass is 160 g/mol. The Labute approximate surface area is 69.2 Å². The Morgan fingerprint density at radius 3 is 1.91 bits per heavy atom. The zero-order valence-corrected chi connectivity index (χ0v) is 7.75. The summed E-state index contributed by atoms with van der Waals surface area (Å²) in [4.78, 5) is 0. The summed E-state index contributed by atoms with van der Waals surface area (Å²) in [7, 11) is 0. The molecule has 2 heteroatoms. The summed E-state index contributed by atoms with van der Waals surface area (Å²) >= 11 is 0. The molecular weight excluding hydrogens is 140 g/mol. The third kappa shape index (κ3) is 5.22. The van der Waals surface area contributed by atoms with Gasteiger partial charge in [-0.25, -0.2) is 0 Å². The Bertz CT molecular complexity index is 89.6. The summed E-state index contributed by atoms with van der Waals surface area (Å²) < 4.78 is 0. The van der Waals surface area contributed by atoms with E-state index >= 15 is 0 Å². The molecule has 0 bridgehead atoms. The first-order valence-corrected chi connectivity index (χ1v) is 4.36. The molecule has 0 aliphatic carbocycles. The highest BCUT2D eigenvalue weighted by molar-refractivity contribution is 4.64. The third-order valence-electron chi connectivity index (χ3n) is 2.03. The van der Waals surface area contributed by atoms with Gasteiger partial charge in [-0.3, -0.25) is 0 Å². The van der Waals surface area contributed by atoms with Crippen LogP contribution in [0.4, 0.5) is 0 Å². The highest BCUT2D eigenvalue weighted by Crippen LogP contribution is 2.14. The van der Waals surface area contributed by atoms with Crippen LogP contribution in [0.2, 0.25) is 0 Å². The second-order valence-electron chi connectivity index (χ2n) is 3.65. The standard InChI is InChI=1S/C9H20O2/c1-7(2)4-5-9(6-10)8(3)11/h7-11H,4-6H2,1-3H3/t8-,9+/m0/s1. The molecule has 2 nitrogen and oxygen atoms in total. The second kappa shape index (κ2) is 5.56. The van der Waals surface area contributed by atoms with Crippen LogP contribution in [-0.2, 0) is 0 Å². The van der Waals surface area contributed by atoms with E-state index in [9.17, 15) is 0 Å². The van der Waals surface area contributed by atoms with Gasteiger partial charge in [-0.15, -0.1) is 0 Å². The molecule has 0 heterocycles. The minimum atomic E-state index is -0.376. The lowest BCUT2D eigenvalue weighted by atomic mass is 9.95. The van der Waals surface area contributed by atoms with Gasteiger partial charge in [0.2, 0.25) is 0 Å². The predicted molar refractivity (Wildman–Crippen MR) is 46.3 cm³/mol. The molecule has 0 aliphatic rings. The van der Waals surface area contributed by atoms with Crippen LogP contribution in [0.1, 0.15) is 33.6 Å². The van der Waals surface area contributed by atoms with Gasteiger partial charge < -0.3 is 10.2 Å². The summed E-state index contributed by atoms with van der Waals surface area (Å²) in [5.41, 5.74) is 0. The van der Waals surface area contributed by atoms with Crippen LogP contribution in [0.15, 0.2) is 0 Å². The Balaban J connectivity index is 3.52. The van der Waals surface area contributed by atoms with Crippen molar-refractivity contribution in [3.63, 3.8) is 0 Å². The molecule has 0 radical (unpaired) electrons. The summed E-state index contributed by atoms with van der Waals surface area (Å²) in [6, 6.07) is 0. The quantitative estimate of drug-likeness (QED) is 0.638. The Morgan fingerprint density at radius 2 is 1.64 bits per heavy atom. The van der Waals surface area contributed by atoms with E-state index in [1.165, 1.54) is 0 Å². The molecule has 0 aliphatic heterocycles. The largest absolute Gasteiger partial charge is 0.396 e. The maximum atomic E-state index is 9.17. The predicted octanol–water partition coefficient (Wildman–Crippen LogP) is 1.41. The molecule has 0 unspecified atom stereocenters. The summed E-state index contributed by atoms with van der Waals surface area (Å²) in [5.74, 6) is 0.722.